The fraction of sp³-hybridized carbons (Fsp3) is 0.250. The Hall–Kier alpha value is -2.32. The molecule has 0 unspecified atom stereocenters. The van der Waals surface area contributed by atoms with Crippen molar-refractivity contribution >= 4 is 30.6 Å². The summed E-state index contributed by atoms with van der Waals surface area (Å²) in [6.07, 6.45) is 4.90. The predicted molar refractivity (Wildman–Crippen MR) is 113 cm³/mol. The standard InChI is InChI=1S/C24H23OS/c1-24(16-6-7-17-24)25-18-12-14-19(15-13-18)26-22-10-4-2-8-20(22)21-9-3-5-11-23(21)26/h2-5,8-15H,6-7,16-17H2,1H3/q+1. The van der Waals surface area contributed by atoms with Crippen molar-refractivity contribution in [3.05, 3.63) is 72.8 Å². The second-order valence-electron chi connectivity index (χ2n) is 7.53. The summed E-state index contributed by atoms with van der Waals surface area (Å²) in [6, 6.07) is 26.5. The van der Waals surface area contributed by atoms with E-state index in [9.17, 15) is 0 Å². The molecule has 1 aliphatic rings. The average molecular weight is 360 g/mol. The van der Waals surface area contributed by atoms with E-state index in [1.165, 1.54) is 50.8 Å². The van der Waals surface area contributed by atoms with E-state index in [2.05, 4.69) is 79.7 Å². The summed E-state index contributed by atoms with van der Waals surface area (Å²) in [7, 11) is -0.0188. The van der Waals surface area contributed by atoms with Gasteiger partial charge in [-0.05, 0) is 69.0 Å². The molecule has 130 valence electrons. The summed E-state index contributed by atoms with van der Waals surface area (Å²) in [5.41, 5.74) is 0.0242. The number of benzene rings is 3. The van der Waals surface area contributed by atoms with E-state index in [1.54, 1.807) is 0 Å². The van der Waals surface area contributed by atoms with Crippen molar-refractivity contribution in [3.63, 3.8) is 0 Å². The van der Waals surface area contributed by atoms with E-state index >= 15 is 0 Å². The summed E-state index contributed by atoms with van der Waals surface area (Å²) < 4.78 is 9.19. The largest absolute Gasteiger partial charge is 0.488 e. The molecular weight excluding hydrogens is 336 g/mol. The Morgan fingerprint density at radius 1 is 0.731 bits per heavy atom. The molecule has 1 heterocycles. The van der Waals surface area contributed by atoms with E-state index in [0.717, 1.165) is 5.75 Å². The third kappa shape index (κ3) is 2.60. The monoisotopic (exact) mass is 359 g/mol. The molecule has 0 spiro atoms. The third-order valence-corrected chi connectivity index (χ3v) is 7.92. The normalized spacial score (nSPS) is 16.3. The molecule has 26 heavy (non-hydrogen) atoms. The first-order valence-corrected chi connectivity index (χ1v) is 10.7. The van der Waals surface area contributed by atoms with Crippen molar-refractivity contribution in [1.82, 2.24) is 0 Å². The summed E-state index contributed by atoms with van der Waals surface area (Å²) >= 11 is 0. The predicted octanol–water partition coefficient (Wildman–Crippen LogP) is 7.44. The first-order chi connectivity index (χ1) is 12.7. The lowest BCUT2D eigenvalue weighted by Crippen LogP contribution is -2.27. The van der Waals surface area contributed by atoms with Gasteiger partial charge in [-0.3, -0.25) is 0 Å². The van der Waals surface area contributed by atoms with Gasteiger partial charge in [0.15, 0.2) is 14.3 Å². The topological polar surface area (TPSA) is 9.23 Å². The maximum absolute atomic E-state index is 6.32. The summed E-state index contributed by atoms with van der Waals surface area (Å²) in [5, 5.41) is 2.76. The Morgan fingerprint density at radius 3 is 1.85 bits per heavy atom. The van der Waals surface area contributed by atoms with E-state index in [1.807, 2.05) is 0 Å². The Kier molecular flexibility index (Phi) is 3.75. The van der Waals surface area contributed by atoms with Crippen molar-refractivity contribution in [2.24, 2.45) is 0 Å². The molecule has 0 saturated heterocycles. The first-order valence-electron chi connectivity index (χ1n) is 9.45. The Bertz CT molecular complexity index is 1020. The molecule has 3 aromatic carbocycles. The van der Waals surface area contributed by atoms with Crippen LogP contribution >= 0.6 is 10.5 Å². The van der Waals surface area contributed by atoms with Crippen LogP contribution in [0.4, 0.5) is 0 Å². The highest BCUT2D eigenvalue weighted by Crippen LogP contribution is 2.48. The average Bonchev–Trinajstić information content (AvgIpc) is 3.24. The van der Waals surface area contributed by atoms with Crippen molar-refractivity contribution in [3.8, 4) is 10.6 Å². The molecular formula is C24H23OS+. The van der Waals surface area contributed by atoms with Gasteiger partial charge in [0.2, 0.25) is 0 Å². The van der Waals surface area contributed by atoms with Crippen molar-refractivity contribution in [1.29, 1.82) is 0 Å². The molecule has 0 bridgehead atoms. The molecule has 5 rings (SSSR count). The zero-order valence-electron chi connectivity index (χ0n) is 15.1. The van der Waals surface area contributed by atoms with Crippen LogP contribution in [0.25, 0.3) is 25.1 Å². The molecule has 1 aromatic heterocycles. The minimum atomic E-state index is -0.0188. The van der Waals surface area contributed by atoms with Gasteiger partial charge in [-0.25, -0.2) is 0 Å². The van der Waals surface area contributed by atoms with Crippen molar-refractivity contribution in [2.75, 3.05) is 0 Å². The van der Waals surface area contributed by atoms with Crippen molar-refractivity contribution < 1.29 is 4.74 Å². The van der Waals surface area contributed by atoms with E-state index in [4.69, 9.17) is 4.74 Å². The highest BCUT2D eigenvalue weighted by molar-refractivity contribution is 7.50. The molecule has 4 aromatic rings. The van der Waals surface area contributed by atoms with Crippen LogP contribution in [0.5, 0.6) is 5.75 Å². The van der Waals surface area contributed by atoms with Crippen LogP contribution in [0, 0.1) is 0 Å². The third-order valence-electron chi connectivity index (χ3n) is 5.59. The van der Waals surface area contributed by atoms with E-state index in [-0.39, 0.29) is 16.1 Å². The van der Waals surface area contributed by atoms with E-state index in [0.29, 0.717) is 0 Å². The smallest absolute Gasteiger partial charge is 0.187 e. The van der Waals surface area contributed by atoms with Crippen LogP contribution in [0.3, 0.4) is 0 Å². The molecule has 2 heteroatoms. The van der Waals surface area contributed by atoms with Crippen LogP contribution in [0.15, 0.2) is 72.8 Å². The van der Waals surface area contributed by atoms with Crippen LogP contribution in [-0.2, 0) is 0 Å². The van der Waals surface area contributed by atoms with Gasteiger partial charge in [0.25, 0.3) is 0 Å². The maximum atomic E-state index is 6.32. The van der Waals surface area contributed by atoms with Crippen LogP contribution in [-0.4, -0.2) is 5.60 Å². The highest BCUT2D eigenvalue weighted by Gasteiger charge is 2.31. The molecule has 1 aliphatic carbocycles. The zero-order valence-corrected chi connectivity index (χ0v) is 15.9. The van der Waals surface area contributed by atoms with Crippen LogP contribution in [0.1, 0.15) is 32.6 Å². The Labute approximate surface area is 157 Å². The lowest BCUT2D eigenvalue weighted by atomic mass is 10.1. The number of rotatable bonds is 3. The molecule has 1 nitrogen and oxygen atoms in total. The number of thiophene rings is 1. The van der Waals surface area contributed by atoms with Gasteiger partial charge >= 0.3 is 0 Å². The molecule has 0 aliphatic heterocycles. The second kappa shape index (κ2) is 6.14. The van der Waals surface area contributed by atoms with Gasteiger partial charge in [0, 0.05) is 33.4 Å². The minimum absolute atomic E-state index is 0.0188. The molecule has 1 fully saturated rings. The van der Waals surface area contributed by atoms with Gasteiger partial charge in [0.05, 0.1) is 0 Å². The molecule has 0 N–H and O–H groups in total. The van der Waals surface area contributed by atoms with Gasteiger partial charge in [0.1, 0.15) is 11.4 Å². The molecule has 1 saturated carbocycles. The summed E-state index contributed by atoms with van der Waals surface area (Å²) in [5.74, 6) is 1.00. The summed E-state index contributed by atoms with van der Waals surface area (Å²) in [6.45, 7) is 2.25. The Balaban J connectivity index is 1.59. The minimum Gasteiger partial charge on any atom is -0.488 e. The number of hydrogen-bond acceptors (Lipinski definition) is 1. The van der Waals surface area contributed by atoms with Gasteiger partial charge < -0.3 is 4.74 Å². The number of ether oxygens (including phenoxy) is 1. The van der Waals surface area contributed by atoms with Crippen LogP contribution < -0.4 is 4.74 Å². The zero-order chi connectivity index (χ0) is 17.6. The first kappa shape index (κ1) is 15.9. The maximum Gasteiger partial charge on any atom is 0.187 e. The quantitative estimate of drug-likeness (QED) is 0.345. The molecule has 0 amide bonds. The lowest BCUT2D eigenvalue weighted by Gasteiger charge is -2.25. The van der Waals surface area contributed by atoms with Crippen LogP contribution in [0.2, 0.25) is 0 Å². The number of hydrogen-bond donors (Lipinski definition) is 0. The molecule has 0 atom stereocenters. The van der Waals surface area contributed by atoms with Gasteiger partial charge in [-0.2, -0.15) is 0 Å². The number of fused-ring (bicyclic) bond motifs is 3. The highest BCUT2D eigenvalue weighted by atomic mass is 32.2. The fourth-order valence-electron chi connectivity index (χ4n) is 4.26. The fourth-order valence-corrected chi connectivity index (χ4v) is 6.64. The SMILES string of the molecule is CC1(Oc2ccc(-[s+]3c4ccccc4c4ccccc43)cc2)CCCC1. The second-order valence-corrected chi connectivity index (χ2v) is 9.49. The van der Waals surface area contributed by atoms with E-state index < -0.39 is 0 Å². The Morgan fingerprint density at radius 2 is 1.27 bits per heavy atom. The lowest BCUT2D eigenvalue weighted by molar-refractivity contribution is 0.0968. The van der Waals surface area contributed by atoms with Crippen molar-refractivity contribution in [2.45, 2.75) is 38.2 Å². The van der Waals surface area contributed by atoms with Gasteiger partial charge in [-0.1, -0.05) is 24.3 Å². The molecule has 0 radical (unpaired) electrons. The summed E-state index contributed by atoms with van der Waals surface area (Å²) in [4.78, 5) is 1.37. The van der Waals surface area contributed by atoms with Gasteiger partial charge in [-0.15, -0.1) is 0 Å².